The number of hydrogen-bond acceptors (Lipinski definition) is 11. The van der Waals surface area contributed by atoms with Gasteiger partial charge >= 0.3 is 6.03 Å². The van der Waals surface area contributed by atoms with Crippen LogP contribution in [0.4, 0.5) is 16.2 Å². The van der Waals surface area contributed by atoms with Crippen molar-refractivity contribution in [2.75, 3.05) is 30.9 Å². The fourth-order valence-electron chi connectivity index (χ4n) is 3.73. The van der Waals surface area contributed by atoms with Crippen LogP contribution in [0.2, 0.25) is 0 Å². The molecule has 2 saturated heterocycles. The van der Waals surface area contributed by atoms with Crippen molar-refractivity contribution >= 4 is 17.4 Å². The third-order valence-electron chi connectivity index (χ3n) is 5.56. The van der Waals surface area contributed by atoms with Gasteiger partial charge in [-0.2, -0.15) is 0 Å². The minimum Gasteiger partial charge on any atom is -0.394 e. The summed E-state index contributed by atoms with van der Waals surface area (Å²) in [6.45, 7) is -1.15. The Balaban J connectivity index is 1.61. The van der Waals surface area contributed by atoms with E-state index < -0.39 is 68.5 Å². The van der Waals surface area contributed by atoms with Crippen LogP contribution in [0, 0.1) is 0 Å². The third kappa shape index (κ3) is 6.09. The topological polar surface area (TPSA) is 202 Å². The fraction of sp³-hybridized carbons (Fsp3) is 0.650. The number of carbonyl (C=O) groups is 1. The molecular weight excluding hydrogens is 442 g/mol. The van der Waals surface area contributed by atoms with E-state index in [4.69, 9.17) is 14.2 Å². The summed E-state index contributed by atoms with van der Waals surface area (Å²) in [4.78, 5) is 11.4. The van der Waals surface area contributed by atoms with Gasteiger partial charge in [-0.25, -0.2) is 4.79 Å². The molecule has 2 aliphatic heterocycles. The molecule has 13 heteroatoms. The molecule has 0 aliphatic carbocycles. The summed E-state index contributed by atoms with van der Waals surface area (Å²) in [6, 6.07) is 6.39. The second-order valence-electron chi connectivity index (χ2n) is 7.87. The zero-order valence-electron chi connectivity index (χ0n) is 17.9. The first kappa shape index (κ1) is 25.6. The highest BCUT2D eigenvalue weighted by atomic mass is 16.7. The second kappa shape index (κ2) is 11.4. The van der Waals surface area contributed by atoms with Gasteiger partial charge in [0.25, 0.3) is 0 Å². The van der Waals surface area contributed by atoms with Crippen molar-refractivity contribution in [2.24, 2.45) is 0 Å². The van der Waals surface area contributed by atoms with E-state index in [0.717, 1.165) is 0 Å². The normalized spacial score (nSPS) is 36.8. The lowest BCUT2D eigenvalue weighted by Gasteiger charge is -2.44. The van der Waals surface area contributed by atoms with Crippen molar-refractivity contribution in [2.45, 2.75) is 61.7 Å². The minimum absolute atomic E-state index is 0.0524. The van der Waals surface area contributed by atoms with Crippen molar-refractivity contribution in [1.29, 1.82) is 0 Å². The molecule has 0 aromatic heterocycles. The van der Waals surface area contributed by atoms with E-state index in [1.54, 1.807) is 24.3 Å². The van der Waals surface area contributed by atoms with Crippen LogP contribution in [0.3, 0.4) is 0 Å². The van der Waals surface area contributed by atoms with Gasteiger partial charge in [-0.15, -0.1) is 0 Å². The number of urea groups is 1. The van der Waals surface area contributed by atoms with E-state index in [0.29, 0.717) is 11.4 Å². The molecule has 3 rings (SSSR count). The number of anilines is 2. The number of aliphatic hydroxyl groups is 6. The van der Waals surface area contributed by atoms with E-state index in [1.807, 2.05) is 0 Å². The molecule has 1 aromatic rings. The van der Waals surface area contributed by atoms with Gasteiger partial charge < -0.3 is 60.8 Å². The maximum absolute atomic E-state index is 11.4. The van der Waals surface area contributed by atoms with E-state index in [1.165, 1.54) is 7.05 Å². The molecule has 9 atom stereocenters. The van der Waals surface area contributed by atoms with Crippen LogP contribution >= 0.6 is 0 Å². The predicted octanol–water partition coefficient (Wildman–Crippen LogP) is -2.50. The summed E-state index contributed by atoms with van der Waals surface area (Å²) in [5.74, 6) is 0. The molecule has 8 unspecified atom stereocenters. The lowest BCUT2D eigenvalue weighted by Crippen LogP contribution is -2.62. The van der Waals surface area contributed by atoms with E-state index >= 15 is 0 Å². The van der Waals surface area contributed by atoms with Crippen LogP contribution in [-0.2, 0) is 14.2 Å². The van der Waals surface area contributed by atoms with Gasteiger partial charge in [0.1, 0.15) is 42.9 Å². The monoisotopic (exact) mass is 473 g/mol. The van der Waals surface area contributed by atoms with Crippen LogP contribution in [0.25, 0.3) is 0 Å². The Bertz CT molecular complexity index is 767. The molecule has 33 heavy (non-hydrogen) atoms. The molecule has 2 heterocycles. The third-order valence-corrected chi connectivity index (χ3v) is 5.56. The molecular formula is C20H31N3O10. The van der Waals surface area contributed by atoms with Gasteiger partial charge in [0.15, 0.2) is 6.29 Å². The Hall–Kier alpha value is -2.07. The van der Waals surface area contributed by atoms with E-state index in [9.17, 15) is 35.4 Å². The Labute approximate surface area is 189 Å². The van der Waals surface area contributed by atoms with Crippen LogP contribution in [-0.4, -0.2) is 112 Å². The zero-order valence-corrected chi connectivity index (χ0v) is 17.9. The molecule has 2 amide bonds. The summed E-state index contributed by atoms with van der Waals surface area (Å²) < 4.78 is 16.7. The molecule has 0 radical (unpaired) electrons. The number of benzene rings is 1. The molecule has 0 saturated carbocycles. The first-order chi connectivity index (χ1) is 15.8. The summed E-state index contributed by atoms with van der Waals surface area (Å²) in [7, 11) is 1.50. The van der Waals surface area contributed by atoms with Crippen LogP contribution in [0.5, 0.6) is 0 Å². The van der Waals surface area contributed by atoms with Gasteiger partial charge in [-0.3, -0.25) is 0 Å². The molecule has 0 bridgehead atoms. The van der Waals surface area contributed by atoms with Gasteiger partial charge in [0.05, 0.1) is 19.3 Å². The molecule has 9 N–H and O–H groups in total. The number of amides is 2. The highest BCUT2D eigenvalue weighted by Gasteiger charge is 2.47. The van der Waals surface area contributed by atoms with Crippen LogP contribution < -0.4 is 16.0 Å². The van der Waals surface area contributed by atoms with Crippen molar-refractivity contribution < 1.29 is 49.6 Å². The highest BCUT2D eigenvalue weighted by molar-refractivity contribution is 5.89. The van der Waals surface area contributed by atoms with Gasteiger partial charge in [0.2, 0.25) is 0 Å². The Morgan fingerprint density at radius 3 is 2.21 bits per heavy atom. The Morgan fingerprint density at radius 1 is 0.970 bits per heavy atom. The number of hydrogen-bond donors (Lipinski definition) is 9. The first-order valence-corrected chi connectivity index (χ1v) is 10.5. The molecule has 0 spiro atoms. The molecule has 13 nitrogen and oxygen atoms in total. The zero-order chi connectivity index (χ0) is 24.1. The quantitative estimate of drug-likeness (QED) is 0.203. The lowest BCUT2D eigenvalue weighted by atomic mass is 9.97. The standard InChI is InChI=1S/C20H31N3O10/c1-21-20(30)23-10-4-2-9(3-5-10)22-14-6-11(26)18(13(8-25)31-14)33-19-17(29)16(28)15(27)12(7-24)32-19/h2-5,11-19,22,24-29H,6-8H2,1H3,(H2,21,23,30)/t11-,12?,13?,14?,15?,16?,17?,18?,19?/m1/s1. The minimum atomic E-state index is -1.65. The van der Waals surface area contributed by atoms with Crippen LogP contribution in [0.15, 0.2) is 24.3 Å². The molecule has 1 aromatic carbocycles. The lowest BCUT2D eigenvalue weighted by molar-refractivity contribution is -0.333. The maximum Gasteiger partial charge on any atom is 0.318 e. The smallest absolute Gasteiger partial charge is 0.318 e. The fourth-order valence-corrected chi connectivity index (χ4v) is 3.73. The van der Waals surface area contributed by atoms with Crippen molar-refractivity contribution in [3.05, 3.63) is 24.3 Å². The average molecular weight is 473 g/mol. The molecule has 186 valence electrons. The maximum atomic E-state index is 11.4. The second-order valence-corrected chi connectivity index (χ2v) is 7.87. The van der Waals surface area contributed by atoms with Crippen molar-refractivity contribution in [3.63, 3.8) is 0 Å². The van der Waals surface area contributed by atoms with Gasteiger partial charge in [-0.05, 0) is 24.3 Å². The highest BCUT2D eigenvalue weighted by Crippen LogP contribution is 2.29. The number of nitrogens with one attached hydrogen (secondary N) is 3. The SMILES string of the molecule is CNC(=O)Nc1ccc(NC2C[C@@H](O)C(OC3OC(CO)C(O)C(O)C3O)C(CO)O2)cc1. The molecule has 2 aliphatic rings. The van der Waals surface area contributed by atoms with E-state index in [-0.39, 0.29) is 12.5 Å². The summed E-state index contributed by atoms with van der Waals surface area (Å²) >= 11 is 0. The molecule has 2 fully saturated rings. The summed E-state index contributed by atoms with van der Waals surface area (Å²) in [5, 5.41) is 67.8. The number of ether oxygens (including phenoxy) is 3. The first-order valence-electron chi connectivity index (χ1n) is 10.5. The van der Waals surface area contributed by atoms with E-state index in [2.05, 4.69) is 16.0 Å². The van der Waals surface area contributed by atoms with Gasteiger partial charge in [-0.1, -0.05) is 0 Å². The Morgan fingerprint density at radius 2 is 1.61 bits per heavy atom. The Kier molecular flexibility index (Phi) is 8.81. The average Bonchev–Trinajstić information content (AvgIpc) is 2.81. The number of aliphatic hydroxyl groups excluding tert-OH is 6. The van der Waals surface area contributed by atoms with Crippen molar-refractivity contribution in [3.8, 4) is 0 Å². The van der Waals surface area contributed by atoms with Gasteiger partial charge in [0, 0.05) is 24.8 Å². The number of carbonyl (C=O) groups excluding carboxylic acids is 1. The van der Waals surface area contributed by atoms with Crippen molar-refractivity contribution in [1.82, 2.24) is 5.32 Å². The number of rotatable bonds is 7. The summed E-state index contributed by atoms with van der Waals surface area (Å²) in [6.07, 6.45) is -11.4. The summed E-state index contributed by atoms with van der Waals surface area (Å²) in [5.41, 5.74) is 1.21. The predicted molar refractivity (Wildman–Crippen MR) is 113 cm³/mol. The van der Waals surface area contributed by atoms with Crippen LogP contribution in [0.1, 0.15) is 6.42 Å². The largest absolute Gasteiger partial charge is 0.394 e.